The monoisotopic (exact) mass is 605 g/mol. The Bertz CT molecular complexity index is 1310. The highest BCUT2D eigenvalue weighted by Gasteiger charge is 2.29. The second-order valence-electron chi connectivity index (χ2n) is 12.5. The molecular formula is C34H47N5O5. The van der Waals surface area contributed by atoms with Gasteiger partial charge in [-0.2, -0.15) is 0 Å². The lowest BCUT2D eigenvalue weighted by molar-refractivity contribution is -0.132. The number of hydrogen-bond acceptors (Lipinski definition) is 7. The van der Waals surface area contributed by atoms with Crippen molar-refractivity contribution in [2.45, 2.75) is 89.3 Å². The zero-order valence-electron chi connectivity index (χ0n) is 26.2. The van der Waals surface area contributed by atoms with E-state index in [9.17, 15) is 19.5 Å². The summed E-state index contributed by atoms with van der Waals surface area (Å²) in [4.78, 5) is 44.8. The highest BCUT2D eigenvalue weighted by atomic mass is 16.5. The van der Waals surface area contributed by atoms with Crippen LogP contribution in [0.4, 0.5) is 10.5 Å². The Morgan fingerprint density at radius 3 is 2.34 bits per heavy atom. The Morgan fingerprint density at radius 2 is 1.61 bits per heavy atom. The Hall–Kier alpha value is -3.79. The number of urea groups is 1. The van der Waals surface area contributed by atoms with Gasteiger partial charge in [0.05, 0.1) is 31.1 Å². The third-order valence-corrected chi connectivity index (χ3v) is 9.39. The molecule has 0 unspecified atom stereocenters. The molecule has 0 bridgehead atoms. The third kappa shape index (κ3) is 7.83. The highest BCUT2D eigenvalue weighted by Crippen LogP contribution is 2.31. The number of nitrogens with one attached hydrogen (secondary N) is 1. The number of rotatable bonds is 11. The summed E-state index contributed by atoms with van der Waals surface area (Å²) in [5, 5.41) is 12.0. The van der Waals surface area contributed by atoms with Gasteiger partial charge in [-0.05, 0) is 68.0 Å². The SMILES string of the molecule is CN(C(=O)CCCOc1ccc2c(c1)CN(CC(=O)c1ccccc1O)CN2NC(=O)N(C)C1CCCCC1)C1CCCC1. The second-order valence-corrected chi connectivity index (χ2v) is 12.5. The molecule has 5 rings (SSSR count). The minimum absolute atomic E-state index is 0.0437. The van der Waals surface area contributed by atoms with Gasteiger partial charge in [-0.25, -0.2) is 10.2 Å². The number of Topliss-reactive ketones (excluding diaryl/α,β-unsaturated/α-hetero) is 1. The van der Waals surface area contributed by atoms with Crippen molar-refractivity contribution in [1.82, 2.24) is 20.1 Å². The van der Waals surface area contributed by atoms with Crippen LogP contribution >= 0.6 is 0 Å². The average molecular weight is 606 g/mol. The van der Waals surface area contributed by atoms with Gasteiger partial charge in [-0.3, -0.25) is 19.5 Å². The first kappa shape index (κ1) is 31.6. The molecule has 0 spiro atoms. The lowest BCUT2D eigenvalue weighted by atomic mass is 9.95. The molecule has 0 aromatic heterocycles. The van der Waals surface area contributed by atoms with Crippen molar-refractivity contribution in [3.05, 3.63) is 53.6 Å². The predicted molar refractivity (Wildman–Crippen MR) is 170 cm³/mol. The lowest BCUT2D eigenvalue weighted by Crippen LogP contribution is -2.56. The quantitative estimate of drug-likeness (QED) is 0.264. The zero-order valence-corrected chi connectivity index (χ0v) is 26.2. The summed E-state index contributed by atoms with van der Waals surface area (Å²) in [6.45, 7) is 1.28. The van der Waals surface area contributed by atoms with Gasteiger partial charge in [-0.15, -0.1) is 0 Å². The number of carbonyl (C=O) groups excluding carboxylic acids is 3. The number of phenols is 1. The van der Waals surface area contributed by atoms with E-state index in [1.807, 2.05) is 42.1 Å². The van der Waals surface area contributed by atoms with Crippen molar-refractivity contribution in [2.75, 3.05) is 38.9 Å². The van der Waals surface area contributed by atoms with Crippen molar-refractivity contribution >= 4 is 23.4 Å². The molecule has 1 aliphatic heterocycles. The Labute approximate surface area is 260 Å². The van der Waals surface area contributed by atoms with Crippen molar-refractivity contribution in [3.63, 3.8) is 0 Å². The maximum atomic E-state index is 13.3. The topological polar surface area (TPSA) is 106 Å². The standard InChI is InChI=1S/C34H47N5O5/c1-36(26-13-6-7-14-26)33(42)17-10-20-44-28-18-19-30-25(21-28)22-38(23-32(41)29-15-8-9-16-31(29)40)24-39(30)35-34(43)37(2)27-11-4-3-5-12-27/h8-9,15-16,18-19,21,26-27,40H,3-7,10-14,17,20,22-24H2,1-2H3,(H,35,43). The molecule has 2 fully saturated rings. The molecule has 10 nitrogen and oxygen atoms in total. The molecule has 10 heteroatoms. The molecular weight excluding hydrogens is 558 g/mol. The molecule has 44 heavy (non-hydrogen) atoms. The number of para-hydroxylation sites is 1. The number of aromatic hydroxyl groups is 1. The summed E-state index contributed by atoms with van der Waals surface area (Å²) in [6.07, 6.45) is 11.1. The molecule has 1 heterocycles. The van der Waals surface area contributed by atoms with E-state index >= 15 is 0 Å². The van der Waals surface area contributed by atoms with E-state index in [0.29, 0.717) is 44.5 Å². The van der Waals surface area contributed by atoms with E-state index in [-0.39, 0.29) is 41.6 Å². The number of hydrogen-bond donors (Lipinski definition) is 2. The summed E-state index contributed by atoms with van der Waals surface area (Å²) in [5.41, 5.74) is 5.12. The molecule has 0 saturated heterocycles. The summed E-state index contributed by atoms with van der Waals surface area (Å²) < 4.78 is 6.06. The van der Waals surface area contributed by atoms with Crippen LogP contribution < -0.4 is 15.2 Å². The highest BCUT2D eigenvalue weighted by molar-refractivity contribution is 6.00. The molecule has 2 saturated carbocycles. The number of ketones is 1. The lowest BCUT2D eigenvalue weighted by Gasteiger charge is -2.40. The normalized spacial score (nSPS) is 17.6. The van der Waals surface area contributed by atoms with E-state index in [1.54, 1.807) is 28.1 Å². The molecule has 0 atom stereocenters. The fourth-order valence-electron chi connectivity index (χ4n) is 6.72. The van der Waals surface area contributed by atoms with Crippen molar-refractivity contribution < 1.29 is 24.2 Å². The number of carbonyl (C=O) groups is 3. The van der Waals surface area contributed by atoms with Gasteiger partial charge in [0.25, 0.3) is 0 Å². The number of phenolic OH excluding ortho intramolecular Hbond substituents is 1. The number of fused-ring (bicyclic) bond motifs is 1. The van der Waals surface area contributed by atoms with Gasteiger partial charge in [0.2, 0.25) is 5.91 Å². The number of ether oxygens (including phenoxy) is 1. The van der Waals surface area contributed by atoms with Crippen molar-refractivity contribution in [3.8, 4) is 11.5 Å². The fraction of sp³-hybridized carbons (Fsp3) is 0.559. The van der Waals surface area contributed by atoms with Gasteiger partial charge in [0, 0.05) is 39.1 Å². The number of anilines is 1. The first-order chi connectivity index (χ1) is 21.3. The summed E-state index contributed by atoms with van der Waals surface area (Å²) in [5.74, 6) is 0.606. The third-order valence-electron chi connectivity index (χ3n) is 9.39. The summed E-state index contributed by atoms with van der Waals surface area (Å²) in [6, 6.07) is 12.7. The zero-order chi connectivity index (χ0) is 31.1. The first-order valence-electron chi connectivity index (χ1n) is 16.2. The van der Waals surface area contributed by atoms with Crippen molar-refractivity contribution in [2.24, 2.45) is 0 Å². The van der Waals surface area contributed by atoms with Crippen LogP contribution in [-0.4, -0.2) is 83.5 Å². The summed E-state index contributed by atoms with van der Waals surface area (Å²) >= 11 is 0. The molecule has 2 N–H and O–H groups in total. The first-order valence-corrected chi connectivity index (χ1v) is 16.2. The molecule has 3 aliphatic rings. The molecule has 238 valence electrons. The van der Waals surface area contributed by atoms with Crippen LogP contribution in [-0.2, 0) is 11.3 Å². The van der Waals surface area contributed by atoms with E-state index in [4.69, 9.17) is 4.74 Å². The van der Waals surface area contributed by atoms with E-state index in [0.717, 1.165) is 49.8 Å². The van der Waals surface area contributed by atoms with Crippen LogP contribution in [0.2, 0.25) is 0 Å². The minimum atomic E-state index is -0.197. The molecule has 0 radical (unpaired) electrons. The van der Waals surface area contributed by atoms with Gasteiger partial charge in [0.15, 0.2) is 5.78 Å². The number of hydrazine groups is 1. The van der Waals surface area contributed by atoms with Crippen LogP contribution in [0.1, 0.15) is 86.6 Å². The molecule has 2 aromatic rings. The van der Waals surface area contributed by atoms with Crippen LogP contribution in [0, 0.1) is 0 Å². The van der Waals surface area contributed by atoms with Gasteiger partial charge in [-0.1, -0.05) is 44.2 Å². The maximum absolute atomic E-state index is 13.3. The summed E-state index contributed by atoms with van der Waals surface area (Å²) in [7, 11) is 3.76. The average Bonchev–Trinajstić information content (AvgIpc) is 3.58. The molecule has 2 aromatic carbocycles. The van der Waals surface area contributed by atoms with Crippen LogP contribution in [0.25, 0.3) is 0 Å². The van der Waals surface area contributed by atoms with Gasteiger partial charge >= 0.3 is 6.03 Å². The maximum Gasteiger partial charge on any atom is 0.336 e. The van der Waals surface area contributed by atoms with Gasteiger partial charge < -0.3 is 19.6 Å². The smallest absolute Gasteiger partial charge is 0.336 e. The van der Waals surface area contributed by atoms with Crippen LogP contribution in [0.5, 0.6) is 11.5 Å². The largest absolute Gasteiger partial charge is 0.507 e. The molecule has 2 aliphatic carbocycles. The number of amides is 3. The van der Waals surface area contributed by atoms with E-state index < -0.39 is 0 Å². The van der Waals surface area contributed by atoms with Crippen molar-refractivity contribution in [1.29, 1.82) is 0 Å². The van der Waals surface area contributed by atoms with E-state index in [1.165, 1.54) is 25.3 Å². The second kappa shape index (κ2) is 14.8. The van der Waals surface area contributed by atoms with E-state index in [2.05, 4.69) is 5.43 Å². The Morgan fingerprint density at radius 1 is 0.932 bits per heavy atom. The predicted octanol–water partition coefficient (Wildman–Crippen LogP) is 5.30. The Kier molecular flexibility index (Phi) is 10.6. The molecule has 3 amide bonds. The fourth-order valence-corrected chi connectivity index (χ4v) is 6.72. The minimum Gasteiger partial charge on any atom is -0.507 e. The van der Waals surface area contributed by atoms with Gasteiger partial charge in [0.1, 0.15) is 11.5 Å². The number of benzene rings is 2. The van der Waals surface area contributed by atoms with Crippen LogP contribution in [0.15, 0.2) is 42.5 Å². The Balaban J connectivity index is 1.24. The van der Waals surface area contributed by atoms with Crippen LogP contribution in [0.3, 0.4) is 0 Å². The number of nitrogens with zero attached hydrogens (tertiary/aromatic N) is 4.